The molecule has 0 aromatic heterocycles. The second-order valence-electron chi connectivity index (χ2n) is 6.55. The standard InChI is InChI=1S/C23H27NO3/c1-3-12-25-17-24-15-20-8-5-6-11-22(20)23(16-24)19-9-7-10-21(14-19)27-18-26-13-4-2/h3-11,14,23H,1-2,12-13,15-18H2/t23-/m0/s1. The predicted octanol–water partition coefficient (Wildman–Crippen LogP) is 4.33. The van der Waals surface area contributed by atoms with Gasteiger partial charge in [-0.2, -0.15) is 0 Å². The van der Waals surface area contributed by atoms with Crippen molar-refractivity contribution in [3.63, 3.8) is 0 Å². The quantitative estimate of drug-likeness (QED) is 0.356. The highest BCUT2D eigenvalue weighted by molar-refractivity contribution is 5.42. The van der Waals surface area contributed by atoms with Crippen LogP contribution in [-0.4, -0.2) is 38.2 Å². The Morgan fingerprint density at radius 1 is 1.00 bits per heavy atom. The van der Waals surface area contributed by atoms with Gasteiger partial charge in [0, 0.05) is 19.0 Å². The fourth-order valence-corrected chi connectivity index (χ4v) is 3.39. The van der Waals surface area contributed by atoms with Crippen LogP contribution in [0.3, 0.4) is 0 Å². The topological polar surface area (TPSA) is 30.9 Å². The summed E-state index contributed by atoms with van der Waals surface area (Å²) >= 11 is 0. The second-order valence-corrected chi connectivity index (χ2v) is 6.55. The number of ether oxygens (including phenoxy) is 3. The van der Waals surface area contributed by atoms with E-state index in [0.717, 1.165) is 18.8 Å². The maximum absolute atomic E-state index is 5.71. The van der Waals surface area contributed by atoms with Crippen molar-refractivity contribution in [2.24, 2.45) is 0 Å². The van der Waals surface area contributed by atoms with E-state index in [9.17, 15) is 0 Å². The Bertz CT molecular complexity index is 759. The van der Waals surface area contributed by atoms with Gasteiger partial charge in [0.2, 0.25) is 0 Å². The highest BCUT2D eigenvalue weighted by atomic mass is 16.7. The van der Waals surface area contributed by atoms with E-state index in [2.05, 4.69) is 54.5 Å². The Balaban J connectivity index is 1.77. The van der Waals surface area contributed by atoms with Crippen LogP contribution < -0.4 is 4.74 Å². The molecule has 1 atom stereocenters. The molecule has 0 bridgehead atoms. The van der Waals surface area contributed by atoms with E-state index in [1.54, 1.807) is 12.2 Å². The first-order valence-corrected chi connectivity index (χ1v) is 9.22. The molecule has 0 unspecified atom stereocenters. The van der Waals surface area contributed by atoms with E-state index < -0.39 is 0 Å². The third-order valence-electron chi connectivity index (χ3n) is 4.58. The van der Waals surface area contributed by atoms with Crippen LogP contribution in [0.2, 0.25) is 0 Å². The summed E-state index contributed by atoms with van der Waals surface area (Å²) < 4.78 is 16.7. The molecule has 4 nitrogen and oxygen atoms in total. The molecule has 0 amide bonds. The summed E-state index contributed by atoms with van der Waals surface area (Å²) in [5.41, 5.74) is 3.95. The van der Waals surface area contributed by atoms with Crippen LogP contribution >= 0.6 is 0 Å². The first-order valence-electron chi connectivity index (χ1n) is 9.22. The van der Waals surface area contributed by atoms with Gasteiger partial charge in [-0.1, -0.05) is 48.6 Å². The van der Waals surface area contributed by atoms with Crippen LogP contribution in [0.15, 0.2) is 73.8 Å². The van der Waals surface area contributed by atoms with Gasteiger partial charge in [-0.15, -0.1) is 13.2 Å². The summed E-state index contributed by atoms with van der Waals surface area (Å²) in [6, 6.07) is 16.9. The second kappa shape index (κ2) is 10.1. The highest BCUT2D eigenvalue weighted by Crippen LogP contribution is 2.34. The third kappa shape index (κ3) is 5.30. The molecular formula is C23H27NO3. The molecule has 2 aromatic rings. The third-order valence-corrected chi connectivity index (χ3v) is 4.58. The van der Waals surface area contributed by atoms with E-state index in [-0.39, 0.29) is 12.7 Å². The summed E-state index contributed by atoms with van der Waals surface area (Å²) in [6.07, 6.45) is 3.49. The molecule has 142 valence electrons. The van der Waals surface area contributed by atoms with Gasteiger partial charge in [-0.25, -0.2) is 0 Å². The van der Waals surface area contributed by atoms with Crippen LogP contribution in [0, 0.1) is 0 Å². The Morgan fingerprint density at radius 3 is 2.67 bits per heavy atom. The molecule has 0 N–H and O–H groups in total. The summed E-state index contributed by atoms with van der Waals surface area (Å²) in [5, 5.41) is 0. The maximum Gasteiger partial charge on any atom is 0.189 e. The first kappa shape index (κ1) is 19.4. The Labute approximate surface area is 161 Å². The van der Waals surface area contributed by atoms with Crippen LogP contribution in [-0.2, 0) is 16.0 Å². The molecule has 0 saturated carbocycles. The number of hydrogen-bond donors (Lipinski definition) is 0. The normalized spacial score (nSPS) is 16.5. The first-order chi connectivity index (χ1) is 13.3. The molecule has 3 rings (SSSR count). The minimum Gasteiger partial charge on any atom is -0.468 e. The molecule has 1 aliphatic rings. The molecule has 0 aliphatic carbocycles. The van der Waals surface area contributed by atoms with Crippen molar-refractivity contribution in [2.75, 3.05) is 33.3 Å². The summed E-state index contributed by atoms with van der Waals surface area (Å²) in [7, 11) is 0. The highest BCUT2D eigenvalue weighted by Gasteiger charge is 2.26. The smallest absolute Gasteiger partial charge is 0.189 e. The molecule has 2 aromatic carbocycles. The minimum absolute atomic E-state index is 0.220. The lowest BCUT2D eigenvalue weighted by atomic mass is 9.85. The van der Waals surface area contributed by atoms with Crippen molar-refractivity contribution >= 4 is 0 Å². The zero-order valence-corrected chi connectivity index (χ0v) is 15.7. The molecule has 4 heteroatoms. The summed E-state index contributed by atoms with van der Waals surface area (Å²) in [5.74, 6) is 1.09. The van der Waals surface area contributed by atoms with Gasteiger partial charge in [-0.05, 0) is 28.8 Å². The van der Waals surface area contributed by atoms with Gasteiger partial charge in [0.05, 0.1) is 19.9 Å². The largest absolute Gasteiger partial charge is 0.468 e. The van der Waals surface area contributed by atoms with E-state index in [4.69, 9.17) is 14.2 Å². The van der Waals surface area contributed by atoms with Gasteiger partial charge < -0.3 is 14.2 Å². The van der Waals surface area contributed by atoms with E-state index in [1.807, 2.05) is 12.1 Å². The Morgan fingerprint density at radius 2 is 1.81 bits per heavy atom. The molecule has 1 heterocycles. The van der Waals surface area contributed by atoms with Crippen LogP contribution in [0.4, 0.5) is 0 Å². The fourth-order valence-electron chi connectivity index (χ4n) is 3.39. The molecule has 0 spiro atoms. The van der Waals surface area contributed by atoms with Gasteiger partial charge >= 0.3 is 0 Å². The van der Waals surface area contributed by atoms with Crippen molar-refractivity contribution in [1.29, 1.82) is 0 Å². The van der Waals surface area contributed by atoms with Gasteiger partial charge in [0.25, 0.3) is 0 Å². The monoisotopic (exact) mass is 365 g/mol. The minimum atomic E-state index is 0.220. The fraction of sp³-hybridized carbons (Fsp3) is 0.304. The average Bonchev–Trinajstić information content (AvgIpc) is 2.71. The number of benzene rings is 2. The van der Waals surface area contributed by atoms with Crippen LogP contribution in [0.1, 0.15) is 22.6 Å². The lowest BCUT2D eigenvalue weighted by molar-refractivity contribution is 0.0301. The van der Waals surface area contributed by atoms with Crippen LogP contribution in [0.25, 0.3) is 0 Å². The SMILES string of the molecule is C=CCOCOc1cccc([C@@H]2CN(COCC=C)Cc3ccccc32)c1. The number of rotatable bonds is 10. The molecule has 0 fully saturated rings. The van der Waals surface area contributed by atoms with Crippen LogP contribution in [0.5, 0.6) is 5.75 Å². The van der Waals surface area contributed by atoms with Crippen molar-refractivity contribution in [3.8, 4) is 5.75 Å². The molecular weight excluding hydrogens is 338 g/mol. The molecule has 0 radical (unpaired) electrons. The van der Waals surface area contributed by atoms with Crippen molar-refractivity contribution in [1.82, 2.24) is 4.90 Å². The summed E-state index contributed by atoms with van der Waals surface area (Å²) in [6.45, 7) is 11.0. The zero-order chi connectivity index (χ0) is 18.9. The van der Waals surface area contributed by atoms with Gasteiger partial charge in [-0.3, -0.25) is 4.90 Å². The van der Waals surface area contributed by atoms with E-state index >= 15 is 0 Å². The van der Waals surface area contributed by atoms with Gasteiger partial charge in [0.15, 0.2) is 6.79 Å². The van der Waals surface area contributed by atoms with Crippen molar-refractivity contribution in [3.05, 3.63) is 90.5 Å². The predicted molar refractivity (Wildman–Crippen MR) is 108 cm³/mol. The van der Waals surface area contributed by atoms with E-state index in [0.29, 0.717) is 19.9 Å². The molecule has 27 heavy (non-hydrogen) atoms. The average molecular weight is 365 g/mol. The molecule has 0 saturated heterocycles. The Kier molecular flexibility index (Phi) is 7.22. The van der Waals surface area contributed by atoms with Crippen molar-refractivity contribution < 1.29 is 14.2 Å². The number of hydrogen-bond acceptors (Lipinski definition) is 4. The van der Waals surface area contributed by atoms with E-state index in [1.165, 1.54) is 16.7 Å². The summed E-state index contributed by atoms with van der Waals surface area (Å²) in [4.78, 5) is 2.33. The molecule has 1 aliphatic heterocycles. The lowest BCUT2D eigenvalue weighted by Crippen LogP contribution is -2.35. The number of fused-ring (bicyclic) bond motifs is 1. The number of nitrogens with zero attached hydrogens (tertiary/aromatic N) is 1. The lowest BCUT2D eigenvalue weighted by Gasteiger charge is -2.34. The Hall–Kier alpha value is -2.40. The maximum atomic E-state index is 5.71. The van der Waals surface area contributed by atoms with Crippen molar-refractivity contribution in [2.45, 2.75) is 12.5 Å². The van der Waals surface area contributed by atoms with Gasteiger partial charge in [0.1, 0.15) is 5.75 Å². The zero-order valence-electron chi connectivity index (χ0n) is 15.7.